The van der Waals surface area contributed by atoms with Crippen molar-refractivity contribution >= 4 is 33.2 Å². The summed E-state index contributed by atoms with van der Waals surface area (Å²) in [6.45, 7) is 1.72. The molecule has 0 aromatic heterocycles. The molecule has 0 amide bonds. The molecular weight excluding hydrogens is 280 g/mol. The zero-order valence-electron chi connectivity index (χ0n) is 8.13. The highest BCUT2D eigenvalue weighted by atomic mass is 35.5. The summed E-state index contributed by atoms with van der Waals surface area (Å²) in [5.74, 6) is -0.984. The molecule has 0 aliphatic heterocycles. The average Bonchev–Trinajstić information content (AvgIpc) is 2.23. The van der Waals surface area contributed by atoms with Gasteiger partial charge in [0.1, 0.15) is 4.90 Å². The number of hydrogen-bond donors (Lipinski definition) is 1. The third-order valence-corrected chi connectivity index (χ3v) is 3.63. The van der Waals surface area contributed by atoms with Crippen molar-refractivity contribution in [2.45, 2.75) is 11.8 Å². The zero-order valence-corrected chi connectivity index (χ0v) is 10.5. The van der Waals surface area contributed by atoms with Crippen LogP contribution < -0.4 is 4.89 Å². The van der Waals surface area contributed by atoms with E-state index in [-0.39, 0.29) is 11.6 Å². The molecule has 16 heavy (non-hydrogen) atoms. The molecule has 90 valence electrons. The van der Waals surface area contributed by atoms with Crippen molar-refractivity contribution in [2.24, 2.45) is 0 Å². The van der Waals surface area contributed by atoms with Crippen LogP contribution in [0.4, 0.5) is 4.39 Å². The van der Waals surface area contributed by atoms with Crippen molar-refractivity contribution in [3.8, 4) is 0 Å². The van der Waals surface area contributed by atoms with Crippen LogP contribution in [0.25, 0.3) is 0 Å². The molecule has 8 heteroatoms. The standard InChI is InChI=1S/C8H8Cl2FNO3S/c1-2-15-12-16(13,14)6-4-3-5(9)8(11)7(6)10/h3-4,12H,2H2,1H3. The van der Waals surface area contributed by atoms with Gasteiger partial charge in [-0.1, -0.05) is 28.1 Å². The van der Waals surface area contributed by atoms with Crippen LogP contribution in [-0.2, 0) is 14.9 Å². The Balaban J connectivity index is 3.19. The highest BCUT2D eigenvalue weighted by molar-refractivity contribution is 7.89. The van der Waals surface area contributed by atoms with Gasteiger partial charge >= 0.3 is 0 Å². The molecule has 4 nitrogen and oxygen atoms in total. The van der Waals surface area contributed by atoms with Crippen LogP contribution in [0.2, 0.25) is 10.0 Å². The summed E-state index contributed by atoms with van der Waals surface area (Å²) in [6.07, 6.45) is 0. The molecule has 1 aromatic carbocycles. The van der Waals surface area contributed by atoms with E-state index < -0.39 is 25.8 Å². The molecule has 0 saturated carbocycles. The zero-order chi connectivity index (χ0) is 12.3. The van der Waals surface area contributed by atoms with E-state index in [2.05, 4.69) is 4.84 Å². The van der Waals surface area contributed by atoms with Gasteiger partial charge < -0.3 is 0 Å². The summed E-state index contributed by atoms with van der Waals surface area (Å²) in [4.78, 5) is 5.89. The highest BCUT2D eigenvalue weighted by Crippen LogP contribution is 2.29. The largest absolute Gasteiger partial charge is 0.287 e. The van der Waals surface area contributed by atoms with Gasteiger partial charge in [0.25, 0.3) is 10.0 Å². The average molecular weight is 288 g/mol. The lowest BCUT2D eigenvalue weighted by atomic mass is 10.3. The summed E-state index contributed by atoms with van der Waals surface area (Å²) in [5.41, 5.74) is 0. The van der Waals surface area contributed by atoms with Crippen molar-refractivity contribution in [2.75, 3.05) is 6.61 Å². The predicted octanol–water partition coefficient (Wildman–Crippen LogP) is 2.36. The first-order chi connectivity index (χ1) is 7.40. The van der Waals surface area contributed by atoms with Crippen molar-refractivity contribution < 1.29 is 17.6 Å². The second-order valence-corrected chi connectivity index (χ2v) is 5.09. The molecule has 0 fully saturated rings. The molecule has 0 heterocycles. The molecule has 0 atom stereocenters. The van der Waals surface area contributed by atoms with Crippen LogP contribution in [-0.4, -0.2) is 15.0 Å². The Hall–Kier alpha value is -0.400. The minimum atomic E-state index is -4.00. The maximum atomic E-state index is 13.2. The lowest BCUT2D eigenvalue weighted by molar-refractivity contribution is 0.105. The van der Waals surface area contributed by atoms with E-state index in [0.717, 1.165) is 12.1 Å². The fraction of sp³-hybridized carbons (Fsp3) is 0.250. The first-order valence-electron chi connectivity index (χ1n) is 4.17. The quantitative estimate of drug-likeness (QED) is 0.683. The molecule has 1 aromatic rings. The Morgan fingerprint density at radius 3 is 2.62 bits per heavy atom. The van der Waals surface area contributed by atoms with Crippen molar-refractivity contribution in [3.63, 3.8) is 0 Å². The molecular formula is C8H8Cl2FNO3S. The molecule has 0 aliphatic carbocycles. The number of nitrogens with one attached hydrogen (secondary N) is 1. The lowest BCUT2D eigenvalue weighted by Gasteiger charge is -2.08. The Kier molecular flexibility index (Phi) is 4.52. The number of rotatable bonds is 4. The second-order valence-electron chi connectivity index (χ2n) is 2.69. The number of benzene rings is 1. The Bertz CT molecular complexity index is 492. The van der Waals surface area contributed by atoms with E-state index in [0.29, 0.717) is 0 Å². The van der Waals surface area contributed by atoms with Gasteiger partial charge in [-0.2, -0.15) is 0 Å². The van der Waals surface area contributed by atoms with E-state index in [1.165, 1.54) is 0 Å². The topological polar surface area (TPSA) is 55.4 Å². The van der Waals surface area contributed by atoms with Crippen LogP contribution >= 0.6 is 23.2 Å². The molecule has 0 unspecified atom stereocenters. The summed E-state index contributed by atoms with van der Waals surface area (Å²) >= 11 is 11.0. The molecule has 1 rings (SSSR count). The van der Waals surface area contributed by atoms with Crippen molar-refractivity contribution in [1.29, 1.82) is 0 Å². The second kappa shape index (κ2) is 5.29. The summed E-state index contributed by atoms with van der Waals surface area (Å²) in [5, 5.41) is -0.819. The maximum Gasteiger partial charge on any atom is 0.264 e. The van der Waals surface area contributed by atoms with Gasteiger partial charge in [0.2, 0.25) is 0 Å². The van der Waals surface area contributed by atoms with Crippen LogP contribution in [0, 0.1) is 5.82 Å². The van der Waals surface area contributed by atoms with Crippen LogP contribution in [0.5, 0.6) is 0 Å². The summed E-state index contributed by atoms with van der Waals surface area (Å²) in [7, 11) is -4.00. The smallest absolute Gasteiger partial charge is 0.264 e. The van der Waals surface area contributed by atoms with Crippen molar-refractivity contribution in [1.82, 2.24) is 4.89 Å². The fourth-order valence-electron chi connectivity index (χ4n) is 0.897. The Labute approximate surface area is 102 Å². The predicted molar refractivity (Wildman–Crippen MR) is 58.4 cm³/mol. The first-order valence-corrected chi connectivity index (χ1v) is 6.41. The number of halogens is 3. The van der Waals surface area contributed by atoms with Gasteiger partial charge in [0, 0.05) is 0 Å². The van der Waals surface area contributed by atoms with Crippen LogP contribution in [0.3, 0.4) is 0 Å². The van der Waals surface area contributed by atoms with E-state index >= 15 is 0 Å². The van der Waals surface area contributed by atoms with E-state index in [1.54, 1.807) is 11.8 Å². The van der Waals surface area contributed by atoms with E-state index in [1.807, 2.05) is 0 Å². The lowest BCUT2D eigenvalue weighted by Crippen LogP contribution is -2.24. The van der Waals surface area contributed by atoms with Gasteiger partial charge in [0.05, 0.1) is 16.7 Å². The van der Waals surface area contributed by atoms with E-state index in [9.17, 15) is 12.8 Å². The number of sulfonamides is 1. The van der Waals surface area contributed by atoms with E-state index in [4.69, 9.17) is 23.2 Å². The molecule has 0 radical (unpaired) electrons. The van der Waals surface area contributed by atoms with Gasteiger partial charge in [0.15, 0.2) is 5.82 Å². The monoisotopic (exact) mass is 287 g/mol. The molecule has 0 spiro atoms. The minimum absolute atomic E-state index is 0.132. The highest BCUT2D eigenvalue weighted by Gasteiger charge is 2.21. The van der Waals surface area contributed by atoms with Crippen LogP contribution in [0.15, 0.2) is 17.0 Å². The fourth-order valence-corrected chi connectivity index (χ4v) is 2.51. The van der Waals surface area contributed by atoms with Crippen LogP contribution in [0.1, 0.15) is 6.92 Å². The number of hydrogen-bond acceptors (Lipinski definition) is 3. The van der Waals surface area contributed by atoms with Gasteiger partial charge in [-0.3, -0.25) is 4.84 Å². The molecule has 0 saturated heterocycles. The molecule has 0 bridgehead atoms. The SMILES string of the molecule is CCONS(=O)(=O)c1ccc(Cl)c(F)c1Cl. The van der Waals surface area contributed by atoms with Gasteiger partial charge in [-0.15, -0.1) is 0 Å². The van der Waals surface area contributed by atoms with Gasteiger partial charge in [-0.05, 0) is 19.1 Å². The normalized spacial score (nSPS) is 11.8. The molecule has 1 N–H and O–H groups in total. The first kappa shape index (κ1) is 13.7. The third kappa shape index (κ3) is 2.83. The Morgan fingerprint density at radius 2 is 2.06 bits per heavy atom. The van der Waals surface area contributed by atoms with Crippen molar-refractivity contribution in [3.05, 3.63) is 28.0 Å². The minimum Gasteiger partial charge on any atom is -0.287 e. The Morgan fingerprint density at radius 1 is 1.44 bits per heavy atom. The summed E-state index contributed by atoms with van der Waals surface area (Å²) < 4.78 is 36.3. The third-order valence-electron chi connectivity index (χ3n) is 1.60. The maximum absolute atomic E-state index is 13.2. The van der Waals surface area contributed by atoms with Gasteiger partial charge in [-0.25, -0.2) is 12.8 Å². The summed E-state index contributed by atoms with van der Waals surface area (Å²) in [6, 6.07) is 2.19. The molecule has 0 aliphatic rings.